The van der Waals surface area contributed by atoms with E-state index < -0.39 is 11.7 Å². The number of nitrogen functional groups attached to an aromatic ring is 1. The smallest absolute Gasteiger partial charge is 0.342 e. The van der Waals surface area contributed by atoms with Gasteiger partial charge in [-0.1, -0.05) is 89.3 Å². The third-order valence-electron chi connectivity index (χ3n) is 7.74. The zero-order chi connectivity index (χ0) is 28.3. The van der Waals surface area contributed by atoms with E-state index in [0.717, 1.165) is 17.2 Å². The number of nitrogens with one attached hydrogen (secondary N) is 1. The first-order chi connectivity index (χ1) is 17.5. The number of aromatic nitrogens is 3. The molecule has 1 aliphatic carbocycles. The lowest BCUT2D eigenvalue weighted by molar-refractivity contribution is -0.0922. The second-order valence-corrected chi connectivity index (χ2v) is 13.8. The van der Waals surface area contributed by atoms with Gasteiger partial charge in [-0.2, -0.15) is 4.98 Å². The molecule has 3 N–H and O–H groups in total. The Morgan fingerprint density at radius 1 is 1.05 bits per heavy atom. The standard InChI is InChI=1S/C28H35Cl3N4O3/c1-13-10-15(27(2,3)4)21(16(11-13)28(5,6)7)38-24(36)20-19(14-8-9-17(29)18(30)12-14)22(31)35-23(20)33-25(32)34-26(35)37/h8-9,12-13,15-16,21H,10-11H2,1-7H3,(H3,32,33,34,37). The van der Waals surface area contributed by atoms with Crippen LogP contribution >= 0.6 is 34.8 Å². The van der Waals surface area contributed by atoms with Crippen LogP contribution in [-0.2, 0) is 4.74 Å². The number of nitrogens with two attached hydrogens (primary N) is 1. The highest BCUT2D eigenvalue weighted by Gasteiger charge is 2.48. The summed E-state index contributed by atoms with van der Waals surface area (Å²) in [6.45, 7) is 15.4. The Kier molecular flexibility index (Phi) is 7.63. The van der Waals surface area contributed by atoms with Gasteiger partial charge in [0, 0.05) is 17.4 Å². The predicted octanol–water partition coefficient (Wildman–Crippen LogP) is 7.51. The lowest BCUT2D eigenvalue weighted by Gasteiger charge is -2.50. The zero-order valence-corrected chi connectivity index (χ0v) is 25.1. The number of carbonyl (C=O) groups excluding carboxylic acids is 1. The van der Waals surface area contributed by atoms with Gasteiger partial charge < -0.3 is 10.5 Å². The summed E-state index contributed by atoms with van der Waals surface area (Å²) in [5.41, 5.74) is 5.91. The molecule has 2 unspecified atom stereocenters. The van der Waals surface area contributed by atoms with Crippen LogP contribution in [0, 0.1) is 28.6 Å². The van der Waals surface area contributed by atoms with Gasteiger partial charge in [-0.3, -0.25) is 4.98 Å². The van der Waals surface area contributed by atoms with E-state index in [2.05, 4.69) is 58.4 Å². The molecule has 0 radical (unpaired) electrons. The summed E-state index contributed by atoms with van der Waals surface area (Å²) in [6, 6.07) is 4.88. The van der Waals surface area contributed by atoms with Crippen LogP contribution in [0.25, 0.3) is 16.8 Å². The van der Waals surface area contributed by atoms with Gasteiger partial charge in [0.15, 0.2) is 5.65 Å². The molecule has 38 heavy (non-hydrogen) atoms. The van der Waals surface area contributed by atoms with Gasteiger partial charge >= 0.3 is 11.7 Å². The van der Waals surface area contributed by atoms with Crippen molar-refractivity contribution in [2.24, 2.45) is 28.6 Å². The van der Waals surface area contributed by atoms with Gasteiger partial charge in [-0.15, -0.1) is 0 Å². The normalized spacial score (nSPS) is 22.6. The van der Waals surface area contributed by atoms with Crippen LogP contribution in [0.3, 0.4) is 0 Å². The number of fused-ring (bicyclic) bond motifs is 1. The van der Waals surface area contributed by atoms with E-state index in [-0.39, 0.29) is 61.7 Å². The van der Waals surface area contributed by atoms with Gasteiger partial charge in [-0.05, 0) is 47.3 Å². The van der Waals surface area contributed by atoms with Gasteiger partial charge in [0.05, 0.1) is 10.0 Å². The van der Waals surface area contributed by atoms with E-state index in [9.17, 15) is 9.59 Å². The fourth-order valence-corrected chi connectivity index (χ4v) is 6.45. The molecule has 0 spiro atoms. The minimum atomic E-state index is -0.621. The van der Waals surface area contributed by atoms with Crippen LogP contribution in [0.1, 0.15) is 71.7 Å². The van der Waals surface area contributed by atoms with Crippen molar-refractivity contribution >= 4 is 52.4 Å². The Bertz CT molecular complexity index is 1420. The number of halogens is 3. The average molecular weight is 582 g/mol. The molecule has 0 saturated heterocycles. The molecule has 1 aromatic carbocycles. The molecule has 0 amide bonds. The minimum Gasteiger partial charge on any atom is -0.458 e. The fraction of sp³-hybridized carbons (Fsp3) is 0.536. The summed E-state index contributed by atoms with van der Waals surface area (Å²) in [4.78, 5) is 33.8. The van der Waals surface area contributed by atoms with Crippen molar-refractivity contribution in [2.75, 3.05) is 5.73 Å². The van der Waals surface area contributed by atoms with E-state index >= 15 is 0 Å². The first kappa shape index (κ1) is 28.8. The maximum atomic E-state index is 14.2. The Morgan fingerprint density at radius 3 is 2.16 bits per heavy atom. The van der Waals surface area contributed by atoms with Crippen molar-refractivity contribution < 1.29 is 9.53 Å². The molecule has 1 aliphatic rings. The number of H-pyrrole nitrogens is 1. The average Bonchev–Trinajstić information content (AvgIpc) is 3.07. The first-order valence-corrected chi connectivity index (χ1v) is 13.9. The van der Waals surface area contributed by atoms with Crippen molar-refractivity contribution in [2.45, 2.75) is 67.4 Å². The number of esters is 1. The summed E-state index contributed by atoms with van der Waals surface area (Å²) in [7, 11) is 0. The first-order valence-electron chi connectivity index (χ1n) is 12.8. The molecule has 2 heterocycles. The lowest BCUT2D eigenvalue weighted by atomic mass is 9.59. The monoisotopic (exact) mass is 580 g/mol. The summed E-state index contributed by atoms with van der Waals surface area (Å²) >= 11 is 19.2. The van der Waals surface area contributed by atoms with Gasteiger partial charge in [0.2, 0.25) is 5.95 Å². The highest BCUT2D eigenvalue weighted by Crippen LogP contribution is 2.50. The van der Waals surface area contributed by atoms with Crippen LogP contribution in [-0.4, -0.2) is 26.4 Å². The van der Waals surface area contributed by atoms with Crippen LogP contribution < -0.4 is 11.4 Å². The molecule has 0 bridgehead atoms. The topological polar surface area (TPSA) is 102 Å². The Morgan fingerprint density at radius 2 is 1.63 bits per heavy atom. The van der Waals surface area contributed by atoms with E-state index in [4.69, 9.17) is 45.3 Å². The number of hydrogen-bond acceptors (Lipinski definition) is 5. The van der Waals surface area contributed by atoms with Crippen molar-refractivity contribution in [3.8, 4) is 11.1 Å². The number of carbonyl (C=O) groups is 1. The molecule has 2 atom stereocenters. The zero-order valence-electron chi connectivity index (χ0n) is 22.8. The highest BCUT2D eigenvalue weighted by atomic mass is 35.5. The summed E-state index contributed by atoms with van der Waals surface area (Å²) < 4.78 is 7.58. The van der Waals surface area contributed by atoms with E-state index in [1.165, 1.54) is 0 Å². The quantitative estimate of drug-likeness (QED) is 0.312. The van der Waals surface area contributed by atoms with Crippen molar-refractivity contribution in [1.82, 2.24) is 14.4 Å². The molecule has 4 rings (SSSR count). The van der Waals surface area contributed by atoms with Crippen molar-refractivity contribution in [3.05, 3.63) is 49.4 Å². The van der Waals surface area contributed by atoms with E-state index in [0.29, 0.717) is 16.5 Å². The summed E-state index contributed by atoms with van der Waals surface area (Å²) in [5, 5.41) is 0.617. The van der Waals surface area contributed by atoms with E-state index in [1.54, 1.807) is 18.2 Å². The van der Waals surface area contributed by atoms with Crippen molar-refractivity contribution in [3.63, 3.8) is 0 Å². The Hall–Kier alpha value is -2.22. The SMILES string of the molecule is CC1CC(C(C)(C)C)C(OC(=O)c2c(-c3ccc(Cl)c(Cl)c3)c(Cl)n3c(=O)[nH]c(N)nc23)C(C(C)(C)C)C1. The highest BCUT2D eigenvalue weighted by molar-refractivity contribution is 6.42. The number of rotatable bonds is 3. The molecule has 2 aromatic heterocycles. The molecule has 1 saturated carbocycles. The molecule has 0 aliphatic heterocycles. The van der Waals surface area contributed by atoms with Crippen molar-refractivity contribution in [1.29, 1.82) is 0 Å². The second-order valence-electron chi connectivity index (χ2n) is 12.6. The molecule has 206 valence electrons. The largest absolute Gasteiger partial charge is 0.458 e. The van der Waals surface area contributed by atoms with Crippen LogP contribution in [0.15, 0.2) is 23.0 Å². The fourth-order valence-electron chi connectivity index (χ4n) is 5.79. The molecule has 7 nitrogen and oxygen atoms in total. The minimum absolute atomic E-state index is 0.00361. The molecular weight excluding hydrogens is 547 g/mol. The van der Waals surface area contributed by atoms with Crippen LogP contribution in [0.2, 0.25) is 15.2 Å². The van der Waals surface area contributed by atoms with Gasteiger partial charge in [0.25, 0.3) is 0 Å². The number of benzene rings is 1. The number of ether oxygens (including phenoxy) is 1. The van der Waals surface area contributed by atoms with Crippen LogP contribution in [0.5, 0.6) is 0 Å². The predicted molar refractivity (Wildman–Crippen MR) is 154 cm³/mol. The maximum absolute atomic E-state index is 14.2. The molecule has 1 fully saturated rings. The third kappa shape index (κ3) is 5.30. The molecule has 10 heteroatoms. The van der Waals surface area contributed by atoms with Gasteiger partial charge in [-0.25, -0.2) is 14.0 Å². The second kappa shape index (κ2) is 10.1. The molecule has 3 aromatic rings. The third-order valence-corrected chi connectivity index (χ3v) is 8.84. The Balaban J connectivity index is 1.93. The molecular formula is C28H35Cl3N4O3. The number of anilines is 1. The Labute approximate surface area is 238 Å². The number of nitrogens with zero attached hydrogens (tertiary/aromatic N) is 2. The van der Waals surface area contributed by atoms with Gasteiger partial charge in [0.1, 0.15) is 16.8 Å². The number of hydrogen-bond donors (Lipinski definition) is 2. The maximum Gasteiger partial charge on any atom is 0.342 e. The summed E-state index contributed by atoms with van der Waals surface area (Å²) in [6.07, 6.45) is 1.53. The number of aromatic amines is 1. The lowest BCUT2D eigenvalue weighted by Crippen LogP contribution is -2.49. The van der Waals surface area contributed by atoms with E-state index in [1.807, 2.05) is 0 Å². The summed E-state index contributed by atoms with van der Waals surface area (Å²) in [5.74, 6) is -0.0127. The van der Waals surface area contributed by atoms with Crippen LogP contribution in [0.4, 0.5) is 5.95 Å².